The number of carbonyl (C=O) groups excluding carboxylic acids is 4. The molecular formula is C39H51N5O9S. The van der Waals surface area contributed by atoms with Gasteiger partial charge >= 0.3 is 6.09 Å². The SMILES string of the molecule is CC[C@@H]1C[C@]1(NC(=O)[C@@H]1C[C@@H]2CN1C(=O)[C@H](C1CCCC1)NC(=O)O[C@@H]1C[C@H]1CCCCCn1c(cc3ccccc3c1=O)O2)C(=O)NS(=O)(=O)C1CC1. The van der Waals surface area contributed by atoms with Crippen LogP contribution in [0.15, 0.2) is 35.1 Å². The molecule has 54 heavy (non-hydrogen) atoms. The molecule has 7 atom stereocenters. The highest BCUT2D eigenvalue weighted by atomic mass is 32.2. The summed E-state index contributed by atoms with van der Waals surface area (Å²) in [7, 11) is -3.87. The number of amides is 4. The average Bonchev–Trinajstić information content (AvgIpc) is 4.11. The maximum absolute atomic E-state index is 14.7. The molecule has 3 heterocycles. The number of hydrogen-bond acceptors (Lipinski definition) is 9. The van der Waals surface area contributed by atoms with Gasteiger partial charge in [-0.3, -0.25) is 28.5 Å². The van der Waals surface area contributed by atoms with Crippen LogP contribution >= 0.6 is 0 Å². The van der Waals surface area contributed by atoms with Gasteiger partial charge in [-0.2, -0.15) is 0 Å². The van der Waals surface area contributed by atoms with Gasteiger partial charge in [0.1, 0.15) is 29.8 Å². The summed E-state index contributed by atoms with van der Waals surface area (Å²) in [4.78, 5) is 71.3. The van der Waals surface area contributed by atoms with Crippen LogP contribution < -0.4 is 25.7 Å². The van der Waals surface area contributed by atoms with Crippen LogP contribution in [0.25, 0.3) is 10.8 Å². The Morgan fingerprint density at radius 1 is 0.944 bits per heavy atom. The van der Waals surface area contributed by atoms with Crippen LogP contribution in [0.4, 0.5) is 4.79 Å². The van der Waals surface area contributed by atoms with Crippen molar-refractivity contribution < 1.29 is 37.1 Å². The molecule has 15 heteroatoms. The Kier molecular flexibility index (Phi) is 9.88. The summed E-state index contributed by atoms with van der Waals surface area (Å²) in [6.07, 6.45) is 7.74. The van der Waals surface area contributed by atoms with Crippen molar-refractivity contribution in [1.82, 2.24) is 24.8 Å². The quantitative estimate of drug-likeness (QED) is 0.380. The summed E-state index contributed by atoms with van der Waals surface area (Å²) in [6.45, 7) is 2.30. The molecule has 0 spiro atoms. The van der Waals surface area contributed by atoms with E-state index in [1.807, 2.05) is 31.2 Å². The molecule has 1 aromatic carbocycles. The number of pyridine rings is 1. The number of aromatic nitrogens is 1. The number of carbonyl (C=O) groups is 4. The fourth-order valence-electron chi connectivity index (χ4n) is 9.09. The minimum absolute atomic E-state index is 0.00491. The summed E-state index contributed by atoms with van der Waals surface area (Å²) in [6, 6.07) is 7.12. The second-order valence-electron chi connectivity index (χ2n) is 16.4. The third-order valence-electron chi connectivity index (χ3n) is 12.6. The van der Waals surface area contributed by atoms with Gasteiger partial charge in [0, 0.05) is 24.4 Å². The van der Waals surface area contributed by atoms with Crippen LogP contribution in [0.1, 0.15) is 96.8 Å². The molecule has 2 aliphatic heterocycles. The molecule has 3 N–H and O–H groups in total. The highest BCUT2D eigenvalue weighted by Crippen LogP contribution is 2.47. The smallest absolute Gasteiger partial charge is 0.408 e. The van der Waals surface area contributed by atoms with Gasteiger partial charge in [0.05, 0.1) is 11.8 Å². The fraction of sp³-hybridized carbons (Fsp3) is 0.667. The molecule has 4 amide bonds. The van der Waals surface area contributed by atoms with Crippen molar-refractivity contribution in [2.24, 2.45) is 17.8 Å². The van der Waals surface area contributed by atoms with E-state index in [-0.39, 0.29) is 48.8 Å². The van der Waals surface area contributed by atoms with Gasteiger partial charge in [0.2, 0.25) is 21.8 Å². The molecule has 0 radical (unpaired) electrons. The number of sulfonamides is 1. The van der Waals surface area contributed by atoms with Crippen molar-refractivity contribution in [3.8, 4) is 5.88 Å². The van der Waals surface area contributed by atoms with Crippen LogP contribution in [-0.2, 0) is 35.7 Å². The molecule has 6 aliphatic rings. The van der Waals surface area contributed by atoms with E-state index < -0.39 is 62.8 Å². The maximum atomic E-state index is 14.7. The lowest BCUT2D eigenvalue weighted by atomic mass is 9.96. The highest BCUT2D eigenvalue weighted by molar-refractivity contribution is 7.91. The van der Waals surface area contributed by atoms with Gasteiger partial charge in [0.25, 0.3) is 11.5 Å². The van der Waals surface area contributed by atoms with E-state index in [1.54, 1.807) is 10.6 Å². The Morgan fingerprint density at radius 3 is 2.43 bits per heavy atom. The number of nitrogens with zero attached hydrogens (tertiary/aromatic N) is 2. The van der Waals surface area contributed by atoms with Crippen LogP contribution in [-0.4, -0.2) is 83.3 Å². The number of alkyl carbamates (subject to hydrolysis) is 1. The van der Waals surface area contributed by atoms with Crippen molar-refractivity contribution in [3.05, 3.63) is 40.7 Å². The molecule has 4 aliphatic carbocycles. The van der Waals surface area contributed by atoms with Gasteiger partial charge in [0.15, 0.2) is 5.88 Å². The van der Waals surface area contributed by atoms with Crippen LogP contribution in [0.3, 0.4) is 0 Å². The fourth-order valence-corrected chi connectivity index (χ4v) is 10.5. The topological polar surface area (TPSA) is 182 Å². The zero-order valence-electron chi connectivity index (χ0n) is 30.8. The van der Waals surface area contributed by atoms with Crippen LogP contribution in [0, 0.1) is 17.8 Å². The van der Waals surface area contributed by atoms with E-state index in [4.69, 9.17) is 9.47 Å². The molecule has 1 aromatic heterocycles. The largest absolute Gasteiger partial charge is 0.473 e. The first-order valence-electron chi connectivity index (χ1n) is 19.9. The Morgan fingerprint density at radius 2 is 1.69 bits per heavy atom. The summed E-state index contributed by atoms with van der Waals surface area (Å²) in [5.41, 5.74) is -1.61. The predicted octanol–water partition coefficient (Wildman–Crippen LogP) is 3.49. The lowest BCUT2D eigenvalue weighted by molar-refractivity contribution is -0.142. The molecule has 4 saturated carbocycles. The molecular weight excluding hydrogens is 715 g/mol. The predicted molar refractivity (Wildman–Crippen MR) is 198 cm³/mol. The van der Waals surface area contributed by atoms with Gasteiger partial charge in [-0.25, -0.2) is 13.2 Å². The number of ether oxygens (including phenoxy) is 2. The molecule has 2 aromatic rings. The van der Waals surface area contributed by atoms with E-state index in [0.717, 1.165) is 57.8 Å². The Balaban J connectivity index is 1.12. The summed E-state index contributed by atoms with van der Waals surface area (Å²) < 4.78 is 41.8. The third kappa shape index (κ3) is 7.32. The second-order valence-corrected chi connectivity index (χ2v) is 18.4. The maximum Gasteiger partial charge on any atom is 0.408 e. The minimum atomic E-state index is -3.87. The Hall–Kier alpha value is -4.14. The molecule has 14 nitrogen and oxygen atoms in total. The molecule has 2 bridgehead atoms. The lowest BCUT2D eigenvalue weighted by Gasteiger charge is -2.32. The van der Waals surface area contributed by atoms with Crippen molar-refractivity contribution >= 4 is 44.6 Å². The third-order valence-corrected chi connectivity index (χ3v) is 14.5. The molecule has 0 unspecified atom stereocenters. The monoisotopic (exact) mass is 765 g/mol. The Labute approximate surface area is 315 Å². The number of benzene rings is 1. The van der Waals surface area contributed by atoms with E-state index in [1.165, 1.54) is 4.90 Å². The van der Waals surface area contributed by atoms with Gasteiger partial charge in [-0.1, -0.05) is 57.2 Å². The van der Waals surface area contributed by atoms with E-state index in [9.17, 15) is 32.4 Å². The van der Waals surface area contributed by atoms with Gasteiger partial charge in [-0.15, -0.1) is 0 Å². The van der Waals surface area contributed by atoms with Gasteiger partial charge in [-0.05, 0) is 80.6 Å². The zero-order valence-corrected chi connectivity index (χ0v) is 31.6. The summed E-state index contributed by atoms with van der Waals surface area (Å²) in [5, 5.41) is 6.46. The summed E-state index contributed by atoms with van der Waals surface area (Å²) in [5.74, 6) is -1.63. The van der Waals surface area contributed by atoms with Crippen molar-refractivity contribution in [2.75, 3.05) is 6.54 Å². The van der Waals surface area contributed by atoms with E-state index >= 15 is 0 Å². The number of rotatable bonds is 7. The van der Waals surface area contributed by atoms with E-state index in [2.05, 4.69) is 15.4 Å². The number of fused-ring (bicyclic) bond motifs is 5. The first-order valence-corrected chi connectivity index (χ1v) is 21.5. The first-order chi connectivity index (χ1) is 26.0. The zero-order chi connectivity index (χ0) is 37.8. The van der Waals surface area contributed by atoms with Crippen molar-refractivity contribution in [1.29, 1.82) is 0 Å². The highest BCUT2D eigenvalue weighted by Gasteiger charge is 2.62. The average molecular weight is 766 g/mol. The summed E-state index contributed by atoms with van der Waals surface area (Å²) >= 11 is 0. The van der Waals surface area contributed by atoms with Gasteiger partial charge < -0.3 is 25.0 Å². The lowest BCUT2D eigenvalue weighted by Crippen LogP contribution is -2.59. The van der Waals surface area contributed by atoms with Crippen LogP contribution in [0.2, 0.25) is 0 Å². The standard InChI is InChI=1S/C39H51N5O9S/c1-2-26-21-39(26,37(48)42-54(50,51)28-15-16-28)41-34(45)30-20-27-22-44(30)36(47)33(23-10-5-6-11-23)40-38(49)53-31-18-25(31)13-4-3-9-17-43-32(52-27)19-24-12-7-8-14-29(24)35(43)46/h7-8,12,14,19,23,25-28,30-31,33H,2-6,9-11,13,15-18,20-22H2,1H3,(H,40,49)(H,41,45)(H,42,48)/t25-,26-,27-,30+,31-,33+,39-/m1/s1. The Bertz CT molecular complexity index is 1990. The van der Waals surface area contributed by atoms with Crippen LogP contribution in [0.5, 0.6) is 5.88 Å². The second kappa shape index (κ2) is 14.5. The molecule has 292 valence electrons. The normalized spacial score (nSPS) is 31.9. The van der Waals surface area contributed by atoms with Crippen molar-refractivity contribution in [3.63, 3.8) is 0 Å². The number of hydrogen-bond donors (Lipinski definition) is 3. The number of nitrogens with one attached hydrogen (secondary N) is 3. The first kappa shape index (κ1) is 36.8. The molecule has 1 saturated heterocycles. The minimum Gasteiger partial charge on any atom is -0.473 e. The van der Waals surface area contributed by atoms with E-state index in [0.29, 0.717) is 42.5 Å². The molecule has 5 fully saturated rings. The molecule has 8 rings (SSSR count). The van der Waals surface area contributed by atoms with Crippen molar-refractivity contribution in [2.45, 2.75) is 138 Å².